The number of thiazole rings is 1. The molecule has 0 unspecified atom stereocenters. The molecule has 5 nitrogen and oxygen atoms in total. The highest BCUT2D eigenvalue weighted by atomic mass is 32.2. The predicted molar refractivity (Wildman–Crippen MR) is 109 cm³/mol. The van der Waals surface area contributed by atoms with E-state index in [1.165, 1.54) is 47.4 Å². The first kappa shape index (κ1) is 19.1. The number of halogens is 1. The van der Waals surface area contributed by atoms with E-state index in [1.54, 1.807) is 0 Å². The van der Waals surface area contributed by atoms with E-state index in [0.29, 0.717) is 10.8 Å². The summed E-state index contributed by atoms with van der Waals surface area (Å²) in [5, 5.41) is 7.79. The number of nitrogens with zero attached hydrogens (tertiary/aromatic N) is 1. The Kier molecular flexibility index (Phi) is 6.56. The topological polar surface area (TPSA) is 71.1 Å². The summed E-state index contributed by atoms with van der Waals surface area (Å²) in [7, 11) is 0. The van der Waals surface area contributed by atoms with Gasteiger partial charge in [-0.05, 0) is 24.3 Å². The van der Waals surface area contributed by atoms with Gasteiger partial charge >= 0.3 is 0 Å². The molecule has 8 heteroatoms. The highest BCUT2D eigenvalue weighted by Crippen LogP contribution is 2.24. The average molecular weight is 401 g/mol. The first-order chi connectivity index (χ1) is 13.1. The van der Waals surface area contributed by atoms with Crippen LogP contribution < -0.4 is 10.6 Å². The average Bonchev–Trinajstić information content (AvgIpc) is 3.13. The summed E-state index contributed by atoms with van der Waals surface area (Å²) >= 11 is 2.55. The minimum Gasteiger partial charge on any atom is -0.325 e. The van der Waals surface area contributed by atoms with Crippen LogP contribution in [0.4, 0.5) is 15.2 Å². The van der Waals surface area contributed by atoms with Gasteiger partial charge in [-0.25, -0.2) is 9.37 Å². The number of benzene rings is 2. The number of nitrogens with one attached hydrogen (secondary N) is 2. The Morgan fingerprint density at radius 1 is 0.963 bits per heavy atom. The van der Waals surface area contributed by atoms with Crippen molar-refractivity contribution < 1.29 is 14.0 Å². The third kappa shape index (κ3) is 5.90. The minimum atomic E-state index is -0.364. The van der Waals surface area contributed by atoms with Crippen LogP contribution >= 0.6 is 23.1 Å². The molecule has 0 aliphatic heterocycles. The van der Waals surface area contributed by atoms with Crippen molar-refractivity contribution in [3.05, 3.63) is 65.8 Å². The fourth-order valence-corrected chi connectivity index (χ4v) is 3.55. The van der Waals surface area contributed by atoms with E-state index in [2.05, 4.69) is 15.6 Å². The summed E-state index contributed by atoms with van der Waals surface area (Å²) in [5.41, 5.74) is 2.31. The molecule has 3 aromatic rings. The van der Waals surface area contributed by atoms with Gasteiger partial charge in [0.05, 0.1) is 17.2 Å². The molecule has 138 valence electrons. The van der Waals surface area contributed by atoms with Crippen molar-refractivity contribution in [1.82, 2.24) is 4.98 Å². The normalized spacial score (nSPS) is 10.4. The second-order valence-corrected chi connectivity index (χ2v) is 7.34. The van der Waals surface area contributed by atoms with Crippen LogP contribution in [0.5, 0.6) is 0 Å². The number of amides is 2. The fraction of sp³-hybridized carbons (Fsp3) is 0.105. The van der Waals surface area contributed by atoms with Gasteiger partial charge < -0.3 is 10.6 Å². The zero-order valence-corrected chi connectivity index (χ0v) is 15.8. The number of hydrogen-bond acceptors (Lipinski definition) is 5. The molecule has 1 heterocycles. The van der Waals surface area contributed by atoms with E-state index in [0.717, 1.165) is 11.3 Å². The molecule has 0 atom stereocenters. The smallest absolute Gasteiger partial charge is 0.236 e. The molecular formula is C19H16FN3O2S2. The van der Waals surface area contributed by atoms with E-state index >= 15 is 0 Å². The van der Waals surface area contributed by atoms with Crippen molar-refractivity contribution in [3.8, 4) is 11.3 Å². The molecule has 0 aliphatic rings. The Hall–Kier alpha value is -2.71. The Morgan fingerprint density at radius 2 is 1.63 bits per heavy atom. The minimum absolute atomic E-state index is 0.123. The molecule has 0 bridgehead atoms. The van der Waals surface area contributed by atoms with Gasteiger partial charge in [0.2, 0.25) is 11.8 Å². The van der Waals surface area contributed by atoms with Crippen LogP contribution in [0.15, 0.2) is 60.0 Å². The Labute approximate surface area is 164 Å². The van der Waals surface area contributed by atoms with Crippen molar-refractivity contribution in [1.29, 1.82) is 0 Å². The first-order valence-corrected chi connectivity index (χ1v) is 10.1. The molecular weight excluding hydrogens is 385 g/mol. The molecule has 1 aromatic heterocycles. The third-order valence-corrected chi connectivity index (χ3v) is 5.10. The number of rotatable bonds is 7. The second kappa shape index (κ2) is 9.29. The SMILES string of the molecule is O=C(CSCC(=O)Nc1nc(-c2ccccc2)cs1)Nc1ccc(F)cc1. The van der Waals surface area contributed by atoms with Gasteiger partial charge in [0.15, 0.2) is 5.13 Å². The van der Waals surface area contributed by atoms with E-state index in [-0.39, 0.29) is 29.1 Å². The molecule has 2 aromatic carbocycles. The van der Waals surface area contributed by atoms with Gasteiger partial charge in [0.1, 0.15) is 5.82 Å². The standard InChI is InChI=1S/C19H16FN3O2S2/c20-14-6-8-15(9-7-14)21-17(24)11-26-12-18(25)23-19-22-16(10-27-19)13-4-2-1-3-5-13/h1-10H,11-12H2,(H,21,24)(H,22,23,25). The number of carbonyl (C=O) groups is 2. The molecule has 27 heavy (non-hydrogen) atoms. The van der Waals surface area contributed by atoms with Crippen LogP contribution in [0.3, 0.4) is 0 Å². The maximum absolute atomic E-state index is 12.8. The van der Waals surface area contributed by atoms with E-state index < -0.39 is 0 Å². The summed E-state index contributed by atoms with van der Waals surface area (Å²) in [4.78, 5) is 28.2. The molecule has 0 saturated heterocycles. The third-order valence-electron chi connectivity index (χ3n) is 3.41. The fourth-order valence-electron chi connectivity index (χ4n) is 2.19. The molecule has 0 radical (unpaired) electrons. The highest BCUT2D eigenvalue weighted by Gasteiger charge is 2.10. The Balaban J connectivity index is 1.41. The van der Waals surface area contributed by atoms with E-state index in [4.69, 9.17) is 0 Å². The Bertz CT molecular complexity index is 914. The lowest BCUT2D eigenvalue weighted by Crippen LogP contribution is -2.18. The maximum atomic E-state index is 12.8. The lowest BCUT2D eigenvalue weighted by Gasteiger charge is -2.05. The summed E-state index contributed by atoms with van der Waals surface area (Å²) < 4.78 is 12.8. The molecule has 0 spiro atoms. The van der Waals surface area contributed by atoms with Crippen LogP contribution in [-0.2, 0) is 9.59 Å². The second-order valence-electron chi connectivity index (χ2n) is 5.50. The monoisotopic (exact) mass is 401 g/mol. The summed E-state index contributed by atoms with van der Waals surface area (Å²) in [6.07, 6.45) is 0. The van der Waals surface area contributed by atoms with Crippen molar-refractivity contribution >= 4 is 45.7 Å². The highest BCUT2D eigenvalue weighted by molar-refractivity contribution is 8.00. The molecule has 0 saturated carbocycles. The van der Waals surface area contributed by atoms with Crippen LogP contribution in [-0.4, -0.2) is 28.3 Å². The first-order valence-electron chi connectivity index (χ1n) is 8.04. The van der Waals surface area contributed by atoms with E-state index in [1.807, 2.05) is 35.7 Å². The zero-order valence-electron chi connectivity index (χ0n) is 14.1. The molecule has 0 aliphatic carbocycles. The van der Waals surface area contributed by atoms with Crippen molar-refractivity contribution in [2.45, 2.75) is 0 Å². The molecule has 3 rings (SSSR count). The van der Waals surface area contributed by atoms with E-state index in [9.17, 15) is 14.0 Å². The van der Waals surface area contributed by atoms with Gasteiger partial charge in [-0.15, -0.1) is 23.1 Å². The number of hydrogen-bond donors (Lipinski definition) is 2. The largest absolute Gasteiger partial charge is 0.325 e. The Morgan fingerprint density at radius 3 is 2.33 bits per heavy atom. The predicted octanol–water partition coefficient (Wildman–Crippen LogP) is 4.26. The summed E-state index contributed by atoms with van der Waals surface area (Å²) in [6.45, 7) is 0. The van der Waals surface area contributed by atoms with Crippen LogP contribution in [0.2, 0.25) is 0 Å². The van der Waals surface area contributed by atoms with Gasteiger partial charge in [-0.3, -0.25) is 9.59 Å². The van der Waals surface area contributed by atoms with Gasteiger partial charge in [-0.1, -0.05) is 30.3 Å². The van der Waals surface area contributed by atoms with Gasteiger partial charge in [0.25, 0.3) is 0 Å². The molecule has 2 N–H and O–H groups in total. The van der Waals surface area contributed by atoms with Gasteiger partial charge in [-0.2, -0.15) is 0 Å². The lowest BCUT2D eigenvalue weighted by atomic mass is 10.2. The van der Waals surface area contributed by atoms with Crippen LogP contribution in [0, 0.1) is 5.82 Å². The van der Waals surface area contributed by atoms with Crippen molar-refractivity contribution in [2.24, 2.45) is 0 Å². The molecule has 2 amide bonds. The summed E-state index contributed by atoms with van der Waals surface area (Å²) in [5.74, 6) is -0.574. The van der Waals surface area contributed by atoms with Crippen molar-refractivity contribution in [2.75, 3.05) is 22.1 Å². The molecule has 0 fully saturated rings. The lowest BCUT2D eigenvalue weighted by molar-refractivity contribution is -0.114. The number of anilines is 2. The van der Waals surface area contributed by atoms with Crippen molar-refractivity contribution in [3.63, 3.8) is 0 Å². The maximum Gasteiger partial charge on any atom is 0.236 e. The number of aromatic nitrogens is 1. The quantitative estimate of drug-likeness (QED) is 0.621. The summed E-state index contributed by atoms with van der Waals surface area (Å²) in [6, 6.07) is 15.2. The van der Waals surface area contributed by atoms with Crippen LogP contribution in [0.1, 0.15) is 0 Å². The zero-order chi connectivity index (χ0) is 19.1. The van der Waals surface area contributed by atoms with Gasteiger partial charge in [0, 0.05) is 16.6 Å². The number of thioether (sulfide) groups is 1. The van der Waals surface area contributed by atoms with Crippen LogP contribution in [0.25, 0.3) is 11.3 Å². The number of carbonyl (C=O) groups excluding carboxylic acids is 2.